The molecule has 0 atom stereocenters. The first-order valence-corrected chi connectivity index (χ1v) is 9.29. The summed E-state index contributed by atoms with van der Waals surface area (Å²) in [6.45, 7) is 7.16. The molecule has 1 aromatic heterocycles. The van der Waals surface area contributed by atoms with E-state index in [0.29, 0.717) is 10.7 Å². The minimum atomic E-state index is -0.543. The highest BCUT2D eigenvalue weighted by molar-refractivity contribution is 7.16. The van der Waals surface area contributed by atoms with Gasteiger partial charge in [0.1, 0.15) is 5.82 Å². The maximum atomic E-state index is 13.9. The Hall–Kier alpha value is -2.27. The van der Waals surface area contributed by atoms with E-state index in [0.717, 1.165) is 23.2 Å². The zero-order chi connectivity index (χ0) is 18.0. The molecule has 0 saturated carbocycles. The first-order valence-electron chi connectivity index (χ1n) is 8.48. The second-order valence-corrected chi connectivity index (χ2v) is 7.32. The van der Waals surface area contributed by atoms with Crippen molar-refractivity contribution >= 4 is 27.5 Å². The van der Waals surface area contributed by atoms with Crippen molar-refractivity contribution in [1.29, 1.82) is 0 Å². The average Bonchev–Trinajstić information content (AvgIpc) is 2.92. The molecule has 3 rings (SSSR count). The molecule has 0 fully saturated rings. The van der Waals surface area contributed by atoms with Crippen LogP contribution in [0.5, 0.6) is 0 Å². The Morgan fingerprint density at radius 2 is 2.00 bits per heavy atom. The van der Waals surface area contributed by atoms with E-state index < -0.39 is 11.7 Å². The number of aromatic nitrogens is 1. The molecule has 5 heteroatoms. The van der Waals surface area contributed by atoms with Crippen LogP contribution in [0.15, 0.2) is 47.5 Å². The monoisotopic (exact) mass is 356 g/mol. The van der Waals surface area contributed by atoms with E-state index in [9.17, 15) is 9.18 Å². The molecular formula is C20H21FN2OS. The van der Waals surface area contributed by atoms with Gasteiger partial charge in [-0.3, -0.25) is 4.79 Å². The van der Waals surface area contributed by atoms with Crippen molar-refractivity contribution in [3.8, 4) is 0 Å². The van der Waals surface area contributed by atoms with E-state index in [2.05, 4.69) is 44.0 Å². The molecule has 0 unspecified atom stereocenters. The Morgan fingerprint density at radius 1 is 1.24 bits per heavy atom. The predicted octanol–water partition coefficient (Wildman–Crippen LogP) is 5.12. The van der Waals surface area contributed by atoms with E-state index >= 15 is 0 Å². The number of carbonyl (C=O) groups excluding carboxylic acids is 1. The van der Waals surface area contributed by atoms with E-state index in [1.165, 1.54) is 29.0 Å². The van der Waals surface area contributed by atoms with Gasteiger partial charge in [-0.1, -0.05) is 50.3 Å². The van der Waals surface area contributed by atoms with E-state index in [1.54, 1.807) is 12.1 Å². The molecule has 0 aliphatic carbocycles. The van der Waals surface area contributed by atoms with Gasteiger partial charge in [-0.2, -0.15) is 4.99 Å². The average molecular weight is 356 g/mol. The molecule has 0 aliphatic heterocycles. The Bertz CT molecular complexity index is 985. The number of carbonyl (C=O) groups is 1. The van der Waals surface area contributed by atoms with Gasteiger partial charge in [-0.05, 0) is 42.2 Å². The summed E-state index contributed by atoms with van der Waals surface area (Å²) in [5.41, 5.74) is 2.33. The lowest BCUT2D eigenvalue weighted by atomic mass is 10.0. The fourth-order valence-corrected chi connectivity index (χ4v) is 3.86. The van der Waals surface area contributed by atoms with Crippen LogP contribution in [-0.2, 0) is 6.54 Å². The van der Waals surface area contributed by atoms with E-state index in [1.807, 2.05) is 4.57 Å². The topological polar surface area (TPSA) is 34.4 Å². The number of halogens is 1. The molecule has 3 nitrogen and oxygen atoms in total. The molecule has 0 aliphatic rings. The lowest BCUT2D eigenvalue weighted by Gasteiger charge is -2.06. The van der Waals surface area contributed by atoms with Crippen LogP contribution in [0.2, 0.25) is 0 Å². The summed E-state index contributed by atoms with van der Waals surface area (Å²) in [4.78, 5) is 17.3. The molecule has 0 radical (unpaired) electrons. The van der Waals surface area contributed by atoms with Gasteiger partial charge in [0.2, 0.25) is 0 Å². The quantitative estimate of drug-likeness (QED) is 0.639. The number of fused-ring (bicyclic) bond motifs is 1. The normalized spacial score (nSPS) is 12.3. The summed E-state index contributed by atoms with van der Waals surface area (Å²) < 4.78 is 17.0. The van der Waals surface area contributed by atoms with E-state index in [-0.39, 0.29) is 5.56 Å². The minimum Gasteiger partial charge on any atom is -0.316 e. The van der Waals surface area contributed by atoms with Gasteiger partial charge >= 0.3 is 0 Å². The maximum Gasteiger partial charge on any atom is 0.282 e. The summed E-state index contributed by atoms with van der Waals surface area (Å²) >= 11 is 1.48. The fraction of sp³-hybridized carbons (Fsp3) is 0.300. The lowest BCUT2D eigenvalue weighted by molar-refractivity contribution is 0.0994. The number of thiazole rings is 1. The highest BCUT2D eigenvalue weighted by Gasteiger charge is 2.12. The Kier molecular flexibility index (Phi) is 5.13. The van der Waals surface area contributed by atoms with Crippen LogP contribution in [0.3, 0.4) is 0 Å². The zero-order valence-corrected chi connectivity index (χ0v) is 15.4. The SMILES string of the molecule is CCCn1c(=NC(=O)c2ccccc2F)sc2cc(C(C)C)ccc21. The van der Waals surface area contributed by atoms with E-state index in [4.69, 9.17) is 0 Å². The molecule has 1 heterocycles. The molecule has 0 spiro atoms. The van der Waals surface area contributed by atoms with Crippen molar-refractivity contribution in [3.63, 3.8) is 0 Å². The summed E-state index contributed by atoms with van der Waals surface area (Å²) in [7, 11) is 0. The smallest absolute Gasteiger partial charge is 0.282 e. The van der Waals surface area contributed by atoms with Crippen LogP contribution in [0, 0.1) is 5.82 Å². The Balaban J connectivity index is 2.15. The van der Waals surface area contributed by atoms with Crippen LogP contribution in [0.25, 0.3) is 10.2 Å². The van der Waals surface area contributed by atoms with Crippen LogP contribution < -0.4 is 4.80 Å². The molecule has 0 saturated heterocycles. The molecule has 0 bridgehead atoms. The van der Waals surface area contributed by atoms with Crippen LogP contribution in [0.1, 0.15) is 49.0 Å². The minimum absolute atomic E-state index is 0.00544. The third-order valence-electron chi connectivity index (χ3n) is 4.12. The first-order chi connectivity index (χ1) is 12.0. The summed E-state index contributed by atoms with van der Waals surface area (Å²) in [6.07, 6.45) is 0.929. The molecule has 3 aromatic rings. The molecule has 0 N–H and O–H groups in total. The van der Waals surface area contributed by atoms with Gasteiger partial charge in [0, 0.05) is 6.54 Å². The van der Waals surface area contributed by atoms with Gasteiger partial charge in [-0.15, -0.1) is 0 Å². The number of hydrogen-bond donors (Lipinski definition) is 0. The van der Waals surface area contributed by atoms with Gasteiger partial charge in [0.25, 0.3) is 5.91 Å². The van der Waals surface area contributed by atoms with Crippen molar-refractivity contribution in [2.75, 3.05) is 0 Å². The van der Waals surface area contributed by atoms with Crippen molar-refractivity contribution in [3.05, 3.63) is 64.2 Å². The third-order valence-corrected chi connectivity index (χ3v) is 5.16. The standard InChI is InChI=1S/C20H21FN2OS/c1-4-11-23-17-10-9-14(13(2)3)12-18(17)25-20(23)22-19(24)15-7-5-6-8-16(15)21/h5-10,12-13H,4,11H2,1-3H3. The zero-order valence-electron chi connectivity index (χ0n) is 14.6. The van der Waals surface area contributed by atoms with Crippen molar-refractivity contribution < 1.29 is 9.18 Å². The maximum absolute atomic E-state index is 13.9. The van der Waals surface area contributed by atoms with Gasteiger partial charge in [0.15, 0.2) is 4.80 Å². The number of aryl methyl sites for hydroxylation is 1. The summed E-state index contributed by atoms with van der Waals surface area (Å²) in [6, 6.07) is 12.3. The van der Waals surface area contributed by atoms with Crippen LogP contribution in [0.4, 0.5) is 4.39 Å². The summed E-state index contributed by atoms with van der Waals surface area (Å²) in [5.74, 6) is -0.647. The Labute approximate surface area is 150 Å². The number of rotatable bonds is 4. The molecule has 25 heavy (non-hydrogen) atoms. The number of nitrogens with zero attached hydrogens (tertiary/aromatic N) is 2. The van der Waals surface area contributed by atoms with Gasteiger partial charge < -0.3 is 4.57 Å². The van der Waals surface area contributed by atoms with Crippen molar-refractivity contribution in [1.82, 2.24) is 4.57 Å². The summed E-state index contributed by atoms with van der Waals surface area (Å²) in [5, 5.41) is 0. The fourth-order valence-electron chi connectivity index (χ4n) is 2.76. The van der Waals surface area contributed by atoms with Crippen LogP contribution >= 0.6 is 11.3 Å². The molecule has 1 amide bonds. The number of hydrogen-bond acceptors (Lipinski definition) is 2. The first kappa shape index (κ1) is 17.5. The lowest BCUT2D eigenvalue weighted by Crippen LogP contribution is -2.17. The number of amides is 1. The number of benzene rings is 2. The molecule has 130 valence electrons. The second kappa shape index (κ2) is 7.31. The Morgan fingerprint density at radius 3 is 2.68 bits per heavy atom. The molecule has 2 aromatic carbocycles. The van der Waals surface area contributed by atoms with Crippen LogP contribution in [-0.4, -0.2) is 10.5 Å². The van der Waals surface area contributed by atoms with Crippen molar-refractivity contribution in [2.24, 2.45) is 4.99 Å². The highest BCUT2D eigenvalue weighted by Crippen LogP contribution is 2.24. The van der Waals surface area contributed by atoms with Gasteiger partial charge in [-0.25, -0.2) is 4.39 Å². The second-order valence-electron chi connectivity index (χ2n) is 6.31. The molecular weight excluding hydrogens is 335 g/mol. The highest BCUT2D eigenvalue weighted by atomic mass is 32.1. The van der Waals surface area contributed by atoms with Crippen molar-refractivity contribution in [2.45, 2.75) is 39.7 Å². The van der Waals surface area contributed by atoms with Gasteiger partial charge in [0.05, 0.1) is 15.8 Å². The largest absolute Gasteiger partial charge is 0.316 e. The predicted molar refractivity (Wildman–Crippen MR) is 100 cm³/mol. The third kappa shape index (κ3) is 3.56.